The maximum absolute atomic E-state index is 12.5. The number of aromatic nitrogens is 2. The first-order valence-electron chi connectivity index (χ1n) is 8.88. The van der Waals surface area contributed by atoms with Gasteiger partial charge in [0.05, 0.1) is 40.2 Å². The first kappa shape index (κ1) is 21.1. The van der Waals surface area contributed by atoms with E-state index in [1.54, 1.807) is 38.1 Å². The molecule has 2 aromatic carbocycles. The number of aryl methyl sites for hydroxylation is 1. The molecule has 0 saturated carbocycles. The van der Waals surface area contributed by atoms with Crippen molar-refractivity contribution in [3.05, 3.63) is 69.0 Å². The number of amides is 1. The topological polar surface area (TPSA) is 109 Å². The van der Waals surface area contributed by atoms with E-state index in [9.17, 15) is 14.9 Å². The Morgan fingerprint density at radius 1 is 1.23 bits per heavy atom. The molecule has 0 atom stereocenters. The molecule has 0 fully saturated rings. The normalized spacial score (nSPS) is 10.5. The van der Waals surface area contributed by atoms with Crippen LogP contribution >= 0.6 is 11.6 Å². The molecule has 0 spiro atoms. The summed E-state index contributed by atoms with van der Waals surface area (Å²) in [7, 11) is 1.49. The molecule has 1 heterocycles. The number of hydrogen-bond donors (Lipinski definition) is 1. The van der Waals surface area contributed by atoms with Gasteiger partial charge in [0.15, 0.2) is 11.5 Å². The third-order valence-electron chi connectivity index (χ3n) is 4.27. The number of halogens is 1. The number of nitro benzene ring substituents is 1. The number of hydrogen-bond acceptors (Lipinski definition) is 6. The van der Waals surface area contributed by atoms with E-state index in [1.165, 1.54) is 30.0 Å². The van der Waals surface area contributed by atoms with Crippen LogP contribution in [-0.2, 0) is 11.3 Å². The van der Waals surface area contributed by atoms with Gasteiger partial charge in [0, 0.05) is 12.1 Å². The number of nitro groups is 1. The van der Waals surface area contributed by atoms with Gasteiger partial charge in [-0.1, -0.05) is 23.7 Å². The van der Waals surface area contributed by atoms with E-state index in [-0.39, 0.29) is 23.7 Å². The van der Waals surface area contributed by atoms with Crippen LogP contribution in [0, 0.1) is 24.0 Å². The lowest BCUT2D eigenvalue weighted by atomic mass is 10.2. The third-order valence-corrected chi connectivity index (χ3v) is 4.82. The first-order chi connectivity index (χ1) is 14.3. The summed E-state index contributed by atoms with van der Waals surface area (Å²) in [5.41, 5.74) is 1.26. The van der Waals surface area contributed by atoms with Crippen molar-refractivity contribution < 1.29 is 19.2 Å². The zero-order valence-corrected chi connectivity index (χ0v) is 17.3. The number of nitrogens with one attached hydrogen (secondary N) is 1. The first-order valence-corrected chi connectivity index (χ1v) is 9.26. The Kier molecular flexibility index (Phi) is 6.22. The van der Waals surface area contributed by atoms with E-state index in [2.05, 4.69) is 10.4 Å². The van der Waals surface area contributed by atoms with Crippen molar-refractivity contribution in [2.24, 2.45) is 0 Å². The number of nitrogens with zero attached hydrogens (tertiary/aromatic N) is 3. The molecule has 0 aliphatic heterocycles. The van der Waals surface area contributed by atoms with Crippen LogP contribution in [0.2, 0.25) is 5.02 Å². The van der Waals surface area contributed by atoms with E-state index >= 15 is 0 Å². The average molecular weight is 431 g/mol. The lowest BCUT2D eigenvalue weighted by Crippen LogP contribution is -2.20. The molecule has 0 bridgehead atoms. The zero-order valence-electron chi connectivity index (χ0n) is 16.5. The Morgan fingerprint density at radius 2 is 1.93 bits per heavy atom. The lowest BCUT2D eigenvalue weighted by Gasteiger charge is -2.12. The van der Waals surface area contributed by atoms with Crippen molar-refractivity contribution in [2.45, 2.75) is 20.4 Å². The van der Waals surface area contributed by atoms with Gasteiger partial charge in [-0.15, -0.1) is 0 Å². The van der Waals surface area contributed by atoms with Crippen LogP contribution in [0.1, 0.15) is 11.4 Å². The maximum Gasteiger partial charge on any atom is 0.275 e. The Morgan fingerprint density at radius 3 is 2.53 bits per heavy atom. The van der Waals surface area contributed by atoms with E-state index < -0.39 is 10.8 Å². The highest BCUT2D eigenvalue weighted by Crippen LogP contribution is 2.34. The van der Waals surface area contributed by atoms with Crippen LogP contribution in [0.4, 0.5) is 11.4 Å². The number of ether oxygens (including phenoxy) is 2. The summed E-state index contributed by atoms with van der Waals surface area (Å²) in [5, 5.41) is 18.7. The van der Waals surface area contributed by atoms with Gasteiger partial charge < -0.3 is 14.8 Å². The SMILES string of the molecule is COc1ccccc1Oc1cc(NC(=O)Cn2nc(C)c(Cl)c2C)cc([N+](=O)[O-])c1. The molecule has 0 radical (unpaired) electrons. The van der Waals surface area contributed by atoms with Crippen LogP contribution in [0.25, 0.3) is 0 Å². The van der Waals surface area contributed by atoms with Gasteiger partial charge in [-0.2, -0.15) is 5.10 Å². The van der Waals surface area contributed by atoms with E-state index in [1.807, 2.05) is 0 Å². The van der Waals surface area contributed by atoms with Crippen molar-refractivity contribution >= 4 is 28.9 Å². The van der Waals surface area contributed by atoms with Gasteiger partial charge in [0.25, 0.3) is 5.69 Å². The van der Waals surface area contributed by atoms with Gasteiger partial charge in [0.2, 0.25) is 5.91 Å². The fourth-order valence-electron chi connectivity index (χ4n) is 2.82. The summed E-state index contributed by atoms with van der Waals surface area (Å²) in [6, 6.07) is 10.9. The number of anilines is 1. The molecular weight excluding hydrogens is 412 g/mol. The molecule has 156 valence electrons. The van der Waals surface area contributed by atoms with Gasteiger partial charge in [-0.3, -0.25) is 19.6 Å². The third kappa shape index (κ3) is 4.69. The molecule has 30 heavy (non-hydrogen) atoms. The van der Waals surface area contributed by atoms with Crippen LogP contribution in [0.15, 0.2) is 42.5 Å². The van der Waals surface area contributed by atoms with E-state index in [4.69, 9.17) is 21.1 Å². The number of carbonyl (C=O) groups is 1. The molecule has 3 aromatic rings. The number of para-hydroxylation sites is 2. The minimum atomic E-state index is -0.564. The minimum Gasteiger partial charge on any atom is -0.493 e. The molecular formula is C20H19ClN4O5. The Labute approximate surface area is 177 Å². The van der Waals surface area contributed by atoms with Crippen molar-refractivity contribution in [1.29, 1.82) is 0 Å². The predicted octanol–water partition coefficient (Wildman–Crippen LogP) is 4.50. The molecule has 3 rings (SSSR count). The summed E-state index contributed by atoms with van der Waals surface area (Å²) in [6.07, 6.45) is 0. The highest BCUT2D eigenvalue weighted by Gasteiger charge is 2.16. The van der Waals surface area contributed by atoms with Crippen molar-refractivity contribution in [2.75, 3.05) is 12.4 Å². The van der Waals surface area contributed by atoms with E-state index in [0.717, 1.165) is 0 Å². The Hall–Kier alpha value is -3.59. The molecule has 1 N–H and O–H groups in total. The molecule has 9 nitrogen and oxygen atoms in total. The minimum absolute atomic E-state index is 0.0925. The predicted molar refractivity (Wildman–Crippen MR) is 112 cm³/mol. The summed E-state index contributed by atoms with van der Waals surface area (Å²) in [4.78, 5) is 23.2. The highest BCUT2D eigenvalue weighted by atomic mass is 35.5. The standard InChI is InChI=1S/C20H19ClN4O5/c1-12-20(21)13(2)24(23-12)11-19(26)22-14-8-15(25(27)28)10-16(9-14)30-18-7-5-4-6-17(18)29-3/h4-10H,11H2,1-3H3,(H,22,26). The summed E-state index contributed by atoms with van der Waals surface area (Å²) < 4.78 is 12.5. The van der Waals surface area contributed by atoms with Gasteiger partial charge >= 0.3 is 0 Å². The number of carbonyl (C=O) groups excluding carboxylic acids is 1. The zero-order chi connectivity index (χ0) is 21.8. The summed E-state index contributed by atoms with van der Waals surface area (Å²) in [6.45, 7) is 3.40. The molecule has 0 saturated heterocycles. The second kappa shape index (κ2) is 8.83. The average Bonchev–Trinajstić information content (AvgIpc) is 2.94. The fourth-order valence-corrected chi connectivity index (χ4v) is 2.95. The van der Waals surface area contributed by atoms with Gasteiger partial charge in [0.1, 0.15) is 12.3 Å². The second-order valence-corrected chi connectivity index (χ2v) is 6.79. The summed E-state index contributed by atoms with van der Waals surface area (Å²) >= 11 is 6.10. The van der Waals surface area contributed by atoms with Gasteiger partial charge in [-0.25, -0.2) is 0 Å². The number of non-ortho nitro benzene ring substituents is 1. The number of methoxy groups -OCH3 is 1. The quantitative estimate of drug-likeness (QED) is 0.436. The smallest absolute Gasteiger partial charge is 0.275 e. The Balaban J connectivity index is 1.84. The Bertz CT molecular complexity index is 1110. The van der Waals surface area contributed by atoms with Crippen molar-refractivity contribution in [1.82, 2.24) is 9.78 Å². The van der Waals surface area contributed by atoms with Crippen LogP contribution in [0.3, 0.4) is 0 Å². The van der Waals surface area contributed by atoms with Crippen LogP contribution in [0.5, 0.6) is 17.2 Å². The largest absolute Gasteiger partial charge is 0.493 e. The second-order valence-electron chi connectivity index (χ2n) is 6.42. The number of benzene rings is 2. The fraction of sp³-hybridized carbons (Fsp3) is 0.200. The lowest BCUT2D eigenvalue weighted by molar-refractivity contribution is -0.384. The summed E-state index contributed by atoms with van der Waals surface area (Å²) in [5.74, 6) is 0.616. The van der Waals surface area contributed by atoms with E-state index in [0.29, 0.717) is 27.9 Å². The molecule has 0 aliphatic rings. The number of rotatable bonds is 7. The van der Waals surface area contributed by atoms with Crippen LogP contribution < -0.4 is 14.8 Å². The monoisotopic (exact) mass is 430 g/mol. The molecule has 10 heteroatoms. The molecule has 0 aliphatic carbocycles. The molecule has 1 amide bonds. The van der Waals surface area contributed by atoms with Crippen LogP contribution in [-0.4, -0.2) is 27.7 Å². The van der Waals surface area contributed by atoms with Gasteiger partial charge in [-0.05, 0) is 26.0 Å². The maximum atomic E-state index is 12.5. The van der Waals surface area contributed by atoms with Crippen molar-refractivity contribution in [3.63, 3.8) is 0 Å². The molecule has 0 unspecified atom stereocenters. The van der Waals surface area contributed by atoms with Crippen molar-refractivity contribution in [3.8, 4) is 17.2 Å². The molecule has 1 aromatic heterocycles. The highest BCUT2D eigenvalue weighted by molar-refractivity contribution is 6.31.